The zero-order valence-corrected chi connectivity index (χ0v) is 11.0. The lowest BCUT2D eigenvalue weighted by molar-refractivity contribution is 0.0996. The molecule has 0 unspecified atom stereocenters. The van der Waals surface area contributed by atoms with Crippen molar-refractivity contribution in [2.75, 3.05) is 5.73 Å². The highest BCUT2D eigenvalue weighted by Crippen LogP contribution is 2.26. The standard InChI is InChI=1S/C11H7BrFN5O/c12-8-5(3-14)1-2-7(9(8)13)18-4-6(15)10(17-18)11(16)19/h1-2,4H,15H2,(H2,16,19). The van der Waals surface area contributed by atoms with Crippen LogP contribution in [0.2, 0.25) is 0 Å². The molecular weight excluding hydrogens is 317 g/mol. The van der Waals surface area contributed by atoms with Gasteiger partial charge in [0.2, 0.25) is 0 Å². The molecule has 6 nitrogen and oxygen atoms in total. The smallest absolute Gasteiger partial charge is 0.271 e. The van der Waals surface area contributed by atoms with Gasteiger partial charge < -0.3 is 11.5 Å². The van der Waals surface area contributed by atoms with Gasteiger partial charge in [-0.3, -0.25) is 4.79 Å². The van der Waals surface area contributed by atoms with Crippen LogP contribution in [-0.2, 0) is 0 Å². The number of nitrogen functional groups attached to an aromatic ring is 1. The van der Waals surface area contributed by atoms with Gasteiger partial charge in [0.1, 0.15) is 11.8 Å². The fourth-order valence-corrected chi connectivity index (χ4v) is 1.93. The van der Waals surface area contributed by atoms with Gasteiger partial charge in [0.25, 0.3) is 5.91 Å². The summed E-state index contributed by atoms with van der Waals surface area (Å²) < 4.78 is 15.2. The third kappa shape index (κ3) is 2.15. The predicted octanol–water partition coefficient (Wildman–Crippen LogP) is 1.33. The molecule has 0 atom stereocenters. The average Bonchev–Trinajstić information content (AvgIpc) is 2.74. The lowest BCUT2D eigenvalue weighted by atomic mass is 10.2. The molecule has 0 aliphatic carbocycles. The number of nitriles is 1. The third-order valence-electron chi connectivity index (χ3n) is 2.41. The van der Waals surface area contributed by atoms with Gasteiger partial charge in [-0.05, 0) is 28.1 Å². The molecule has 96 valence electrons. The number of aromatic nitrogens is 2. The van der Waals surface area contributed by atoms with Crippen molar-refractivity contribution in [1.29, 1.82) is 5.26 Å². The van der Waals surface area contributed by atoms with Crippen LogP contribution in [0.15, 0.2) is 22.8 Å². The van der Waals surface area contributed by atoms with Crippen LogP contribution in [0.1, 0.15) is 16.1 Å². The molecule has 1 aromatic heterocycles. The van der Waals surface area contributed by atoms with Crippen molar-refractivity contribution >= 4 is 27.5 Å². The molecule has 0 saturated carbocycles. The number of halogens is 2. The minimum atomic E-state index is -0.802. The van der Waals surface area contributed by atoms with Crippen molar-refractivity contribution in [2.24, 2.45) is 5.73 Å². The number of hydrogen-bond donors (Lipinski definition) is 2. The van der Waals surface area contributed by atoms with E-state index in [0.29, 0.717) is 0 Å². The Bertz CT molecular complexity index is 719. The largest absolute Gasteiger partial charge is 0.396 e. The Kier molecular flexibility index (Phi) is 3.23. The summed E-state index contributed by atoms with van der Waals surface area (Å²) >= 11 is 2.98. The highest BCUT2D eigenvalue weighted by Gasteiger charge is 2.17. The second-order valence-corrected chi connectivity index (χ2v) is 4.41. The minimum absolute atomic E-state index is 0.0159. The van der Waals surface area contributed by atoms with Gasteiger partial charge in [0.15, 0.2) is 11.5 Å². The number of rotatable bonds is 2. The number of nitrogens with zero attached hydrogens (tertiary/aromatic N) is 3. The molecule has 0 fully saturated rings. The molecule has 2 aromatic rings. The number of hydrogen-bond acceptors (Lipinski definition) is 4. The molecule has 0 radical (unpaired) electrons. The number of carbonyl (C=O) groups is 1. The van der Waals surface area contributed by atoms with Crippen LogP contribution in [0.4, 0.5) is 10.1 Å². The third-order valence-corrected chi connectivity index (χ3v) is 3.18. The van der Waals surface area contributed by atoms with E-state index in [2.05, 4.69) is 21.0 Å². The van der Waals surface area contributed by atoms with Crippen LogP contribution < -0.4 is 11.5 Å². The molecule has 0 bridgehead atoms. The number of anilines is 1. The summed E-state index contributed by atoms with van der Waals surface area (Å²) in [5.74, 6) is -1.48. The quantitative estimate of drug-likeness (QED) is 0.868. The van der Waals surface area contributed by atoms with Gasteiger partial charge in [0, 0.05) is 0 Å². The van der Waals surface area contributed by atoms with Crippen molar-refractivity contribution in [1.82, 2.24) is 9.78 Å². The molecule has 4 N–H and O–H groups in total. The van der Waals surface area contributed by atoms with Gasteiger partial charge in [-0.15, -0.1) is 0 Å². The summed E-state index contributed by atoms with van der Waals surface area (Å²) in [6.07, 6.45) is 1.27. The van der Waals surface area contributed by atoms with E-state index in [-0.39, 0.29) is 27.1 Å². The molecule has 0 aliphatic heterocycles. The van der Waals surface area contributed by atoms with Gasteiger partial charge in [0.05, 0.1) is 21.9 Å². The Balaban J connectivity index is 2.61. The summed E-state index contributed by atoms with van der Waals surface area (Å²) in [7, 11) is 0. The summed E-state index contributed by atoms with van der Waals surface area (Å²) in [6, 6.07) is 4.61. The van der Waals surface area contributed by atoms with E-state index >= 15 is 0 Å². The number of primary amides is 1. The second-order valence-electron chi connectivity index (χ2n) is 3.61. The minimum Gasteiger partial charge on any atom is -0.396 e. The van der Waals surface area contributed by atoms with Crippen LogP contribution in [0.5, 0.6) is 0 Å². The fraction of sp³-hybridized carbons (Fsp3) is 0. The fourth-order valence-electron chi connectivity index (χ4n) is 1.50. The van der Waals surface area contributed by atoms with Crippen LogP contribution in [0, 0.1) is 17.1 Å². The number of nitrogens with two attached hydrogens (primary N) is 2. The number of benzene rings is 1. The number of amides is 1. The Labute approximate surface area is 115 Å². The Morgan fingerprint density at radius 2 is 2.21 bits per heavy atom. The summed E-state index contributed by atoms with van der Waals surface area (Å²) in [4.78, 5) is 11.0. The van der Waals surface area contributed by atoms with E-state index in [1.165, 1.54) is 18.3 Å². The van der Waals surface area contributed by atoms with Crippen LogP contribution >= 0.6 is 15.9 Å². The van der Waals surface area contributed by atoms with Crippen molar-refractivity contribution in [3.63, 3.8) is 0 Å². The summed E-state index contributed by atoms with van der Waals surface area (Å²) in [6.45, 7) is 0. The van der Waals surface area contributed by atoms with Crippen molar-refractivity contribution in [3.05, 3.63) is 39.9 Å². The molecule has 2 rings (SSSR count). The highest BCUT2D eigenvalue weighted by molar-refractivity contribution is 9.10. The SMILES string of the molecule is N#Cc1ccc(-n2cc(N)c(C(N)=O)n2)c(F)c1Br. The maximum absolute atomic E-state index is 14.1. The first-order valence-electron chi connectivity index (χ1n) is 4.99. The maximum Gasteiger partial charge on any atom is 0.271 e. The lowest BCUT2D eigenvalue weighted by Crippen LogP contribution is -2.14. The second kappa shape index (κ2) is 4.70. The topological polar surface area (TPSA) is 111 Å². The van der Waals surface area contributed by atoms with E-state index in [1.807, 2.05) is 6.07 Å². The van der Waals surface area contributed by atoms with Crippen molar-refractivity contribution < 1.29 is 9.18 Å². The van der Waals surface area contributed by atoms with Gasteiger partial charge in [-0.25, -0.2) is 9.07 Å². The van der Waals surface area contributed by atoms with E-state index < -0.39 is 11.7 Å². The zero-order valence-electron chi connectivity index (χ0n) is 9.39. The molecule has 0 saturated heterocycles. The van der Waals surface area contributed by atoms with Crippen LogP contribution in [0.3, 0.4) is 0 Å². The lowest BCUT2D eigenvalue weighted by Gasteiger charge is -2.05. The first kappa shape index (κ1) is 13.0. The molecule has 0 spiro atoms. The van der Waals surface area contributed by atoms with Crippen molar-refractivity contribution in [3.8, 4) is 11.8 Å². The average molecular weight is 324 g/mol. The first-order valence-corrected chi connectivity index (χ1v) is 5.78. The number of carbonyl (C=O) groups excluding carboxylic acids is 1. The normalized spacial score (nSPS) is 10.2. The summed E-state index contributed by atoms with van der Waals surface area (Å²) in [5.41, 5.74) is 10.7. The van der Waals surface area contributed by atoms with E-state index in [4.69, 9.17) is 16.7 Å². The molecule has 19 heavy (non-hydrogen) atoms. The van der Waals surface area contributed by atoms with E-state index in [1.54, 1.807) is 0 Å². The molecule has 1 aromatic carbocycles. The van der Waals surface area contributed by atoms with Crippen molar-refractivity contribution in [2.45, 2.75) is 0 Å². The van der Waals surface area contributed by atoms with Crippen LogP contribution in [-0.4, -0.2) is 15.7 Å². The molecule has 8 heteroatoms. The maximum atomic E-state index is 14.1. The molecule has 1 amide bonds. The van der Waals surface area contributed by atoms with Gasteiger partial charge >= 0.3 is 0 Å². The van der Waals surface area contributed by atoms with Gasteiger partial charge in [-0.2, -0.15) is 10.4 Å². The molecule has 1 heterocycles. The van der Waals surface area contributed by atoms with Crippen LogP contribution in [0.25, 0.3) is 5.69 Å². The molecule has 0 aliphatic rings. The van der Waals surface area contributed by atoms with E-state index in [0.717, 1.165) is 4.68 Å². The summed E-state index contributed by atoms with van der Waals surface area (Å²) in [5, 5.41) is 12.6. The Morgan fingerprint density at radius 3 is 2.74 bits per heavy atom. The highest BCUT2D eigenvalue weighted by atomic mass is 79.9. The molecular formula is C11H7BrFN5O. The van der Waals surface area contributed by atoms with Gasteiger partial charge in [-0.1, -0.05) is 0 Å². The van der Waals surface area contributed by atoms with E-state index in [9.17, 15) is 9.18 Å². The predicted molar refractivity (Wildman–Crippen MR) is 68.9 cm³/mol. The monoisotopic (exact) mass is 323 g/mol. The zero-order chi connectivity index (χ0) is 14.2. The Morgan fingerprint density at radius 1 is 1.53 bits per heavy atom. The first-order chi connectivity index (χ1) is 8.95. The Hall–Kier alpha value is -2.40.